The van der Waals surface area contributed by atoms with E-state index in [1.807, 2.05) is 36.4 Å². The van der Waals surface area contributed by atoms with Crippen LogP contribution < -0.4 is 14.8 Å². The van der Waals surface area contributed by atoms with Crippen LogP contribution in [0.2, 0.25) is 0 Å². The molecule has 0 spiro atoms. The molecule has 0 aliphatic heterocycles. The first kappa shape index (κ1) is 20.6. The normalized spacial score (nSPS) is 10.7. The van der Waals surface area contributed by atoms with Crippen LogP contribution in [0.15, 0.2) is 77.3 Å². The van der Waals surface area contributed by atoms with Crippen LogP contribution in [0.3, 0.4) is 0 Å². The minimum absolute atomic E-state index is 0.116. The SMILES string of the molecule is COc1cc(/C=C/C(=O)Nc2ccc(Br)cc2F)ccc1OCc1ccccc1. The minimum Gasteiger partial charge on any atom is -0.493 e. The first-order valence-corrected chi connectivity index (χ1v) is 9.63. The zero-order chi connectivity index (χ0) is 20.6. The summed E-state index contributed by atoms with van der Waals surface area (Å²) in [5, 5.41) is 2.51. The van der Waals surface area contributed by atoms with E-state index in [-0.39, 0.29) is 5.69 Å². The van der Waals surface area contributed by atoms with E-state index in [1.165, 1.54) is 18.2 Å². The molecular weight excluding hydrogens is 437 g/mol. The number of rotatable bonds is 7. The van der Waals surface area contributed by atoms with Crippen molar-refractivity contribution in [2.75, 3.05) is 12.4 Å². The fourth-order valence-corrected chi connectivity index (χ4v) is 2.91. The fraction of sp³-hybridized carbons (Fsp3) is 0.0870. The number of ether oxygens (including phenoxy) is 2. The molecule has 0 saturated carbocycles. The van der Waals surface area contributed by atoms with Gasteiger partial charge in [0.05, 0.1) is 12.8 Å². The van der Waals surface area contributed by atoms with Crippen LogP contribution in [0.25, 0.3) is 6.08 Å². The summed E-state index contributed by atoms with van der Waals surface area (Å²) in [5.41, 5.74) is 1.92. The minimum atomic E-state index is -0.511. The predicted molar refractivity (Wildman–Crippen MR) is 116 cm³/mol. The van der Waals surface area contributed by atoms with Crippen molar-refractivity contribution in [3.05, 3.63) is 94.2 Å². The molecule has 0 fully saturated rings. The van der Waals surface area contributed by atoms with Crippen LogP contribution in [0.5, 0.6) is 11.5 Å². The Kier molecular flexibility index (Phi) is 7.03. The number of benzene rings is 3. The van der Waals surface area contributed by atoms with Gasteiger partial charge in [0.15, 0.2) is 11.5 Å². The summed E-state index contributed by atoms with van der Waals surface area (Å²) in [7, 11) is 1.56. The van der Waals surface area contributed by atoms with Gasteiger partial charge in [0.1, 0.15) is 12.4 Å². The smallest absolute Gasteiger partial charge is 0.248 e. The summed E-state index contributed by atoms with van der Waals surface area (Å²) in [6.07, 6.45) is 2.95. The van der Waals surface area contributed by atoms with Crippen molar-refractivity contribution in [3.63, 3.8) is 0 Å². The van der Waals surface area contributed by atoms with Gasteiger partial charge in [0.25, 0.3) is 0 Å². The quantitative estimate of drug-likeness (QED) is 0.456. The second kappa shape index (κ2) is 9.89. The van der Waals surface area contributed by atoms with Crippen LogP contribution in [-0.4, -0.2) is 13.0 Å². The lowest BCUT2D eigenvalue weighted by Crippen LogP contribution is -2.09. The summed E-state index contributed by atoms with van der Waals surface area (Å²) in [6, 6.07) is 19.6. The molecule has 3 aromatic carbocycles. The van der Waals surface area contributed by atoms with Gasteiger partial charge in [-0.2, -0.15) is 0 Å². The average Bonchev–Trinajstić information content (AvgIpc) is 2.73. The van der Waals surface area contributed by atoms with Gasteiger partial charge in [-0.05, 0) is 47.5 Å². The molecule has 148 valence electrons. The highest BCUT2D eigenvalue weighted by atomic mass is 79.9. The van der Waals surface area contributed by atoms with Crippen LogP contribution in [0.1, 0.15) is 11.1 Å². The molecule has 3 rings (SSSR count). The molecule has 6 heteroatoms. The molecule has 4 nitrogen and oxygen atoms in total. The van der Waals surface area contributed by atoms with E-state index in [4.69, 9.17) is 9.47 Å². The van der Waals surface area contributed by atoms with E-state index in [1.54, 1.807) is 31.4 Å². The third-order valence-corrected chi connectivity index (χ3v) is 4.53. The van der Waals surface area contributed by atoms with Gasteiger partial charge in [-0.15, -0.1) is 0 Å². The molecule has 29 heavy (non-hydrogen) atoms. The Morgan fingerprint density at radius 3 is 2.59 bits per heavy atom. The Labute approximate surface area is 177 Å². The number of carbonyl (C=O) groups is 1. The molecule has 0 radical (unpaired) electrons. The summed E-state index contributed by atoms with van der Waals surface area (Å²) < 4.78 is 25.6. The molecule has 0 aliphatic rings. The maximum atomic E-state index is 13.8. The molecule has 0 heterocycles. The Morgan fingerprint density at radius 1 is 1.07 bits per heavy atom. The largest absolute Gasteiger partial charge is 0.493 e. The highest BCUT2D eigenvalue weighted by molar-refractivity contribution is 9.10. The third kappa shape index (κ3) is 5.93. The molecule has 0 aliphatic carbocycles. The van der Waals surface area contributed by atoms with Gasteiger partial charge in [-0.3, -0.25) is 4.79 Å². The molecule has 0 atom stereocenters. The Bertz CT molecular complexity index is 1020. The first-order valence-electron chi connectivity index (χ1n) is 8.84. The van der Waals surface area contributed by atoms with Crippen molar-refractivity contribution in [1.82, 2.24) is 0 Å². The molecule has 1 amide bonds. The van der Waals surface area contributed by atoms with E-state index in [0.717, 1.165) is 11.1 Å². The highest BCUT2D eigenvalue weighted by Gasteiger charge is 2.07. The van der Waals surface area contributed by atoms with Crippen LogP contribution >= 0.6 is 15.9 Å². The summed E-state index contributed by atoms with van der Waals surface area (Å²) in [6.45, 7) is 0.424. The average molecular weight is 456 g/mol. The number of hydrogen-bond donors (Lipinski definition) is 1. The van der Waals surface area contributed by atoms with Crippen molar-refractivity contribution in [3.8, 4) is 11.5 Å². The van der Waals surface area contributed by atoms with Crippen LogP contribution in [0.4, 0.5) is 10.1 Å². The second-order valence-corrected chi connectivity index (χ2v) is 7.05. The maximum absolute atomic E-state index is 13.8. The van der Waals surface area contributed by atoms with Crippen molar-refractivity contribution in [1.29, 1.82) is 0 Å². The molecule has 1 N–H and O–H groups in total. The molecule has 0 saturated heterocycles. The number of halogens is 2. The number of carbonyl (C=O) groups excluding carboxylic acids is 1. The topological polar surface area (TPSA) is 47.6 Å². The van der Waals surface area contributed by atoms with Gasteiger partial charge in [0.2, 0.25) is 5.91 Å². The van der Waals surface area contributed by atoms with E-state index < -0.39 is 11.7 Å². The number of anilines is 1. The third-order valence-electron chi connectivity index (χ3n) is 4.04. The molecular formula is C23H19BrFNO3. The van der Waals surface area contributed by atoms with Crippen molar-refractivity contribution in [2.45, 2.75) is 6.61 Å². The van der Waals surface area contributed by atoms with Gasteiger partial charge in [-0.1, -0.05) is 52.3 Å². The predicted octanol–water partition coefficient (Wildman–Crippen LogP) is 5.83. The number of amides is 1. The van der Waals surface area contributed by atoms with E-state index >= 15 is 0 Å². The maximum Gasteiger partial charge on any atom is 0.248 e. The summed E-state index contributed by atoms with van der Waals surface area (Å²) in [5.74, 6) is 0.217. The Hall–Kier alpha value is -3.12. The number of hydrogen-bond acceptors (Lipinski definition) is 3. The monoisotopic (exact) mass is 455 g/mol. The second-order valence-electron chi connectivity index (χ2n) is 6.13. The van der Waals surface area contributed by atoms with Crippen LogP contribution in [0, 0.1) is 5.82 Å². The fourth-order valence-electron chi connectivity index (χ4n) is 2.58. The number of nitrogens with one attached hydrogen (secondary N) is 1. The lowest BCUT2D eigenvalue weighted by atomic mass is 10.2. The first-order chi connectivity index (χ1) is 14.0. The number of methoxy groups -OCH3 is 1. The summed E-state index contributed by atoms with van der Waals surface area (Å²) in [4.78, 5) is 12.1. The van der Waals surface area contributed by atoms with Crippen molar-refractivity contribution >= 4 is 33.6 Å². The Morgan fingerprint density at radius 2 is 1.86 bits per heavy atom. The van der Waals surface area contributed by atoms with Gasteiger partial charge >= 0.3 is 0 Å². The van der Waals surface area contributed by atoms with Crippen molar-refractivity contribution in [2.24, 2.45) is 0 Å². The summed E-state index contributed by atoms with van der Waals surface area (Å²) >= 11 is 3.18. The van der Waals surface area contributed by atoms with Gasteiger partial charge in [-0.25, -0.2) is 4.39 Å². The Balaban J connectivity index is 1.65. The van der Waals surface area contributed by atoms with E-state index in [9.17, 15) is 9.18 Å². The zero-order valence-corrected chi connectivity index (χ0v) is 17.3. The van der Waals surface area contributed by atoms with E-state index in [2.05, 4.69) is 21.2 Å². The highest BCUT2D eigenvalue weighted by Crippen LogP contribution is 2.29. The molecule has 0 aromatic heterocycles. The molecule has 0 bridgehead atoms. The van der Waals surface area contributed by atoms with Gasteiger partial charge < -0.3 is 14.8 Å². The zero-order valence-electron chi connectivity index (χ0n) is 15.7. The molecule has 3 aromatic rings. The lowest BCUT2D eigenvalue weighted by Gasteiger charge is -2.11. The van der Waals surface area contributed by atoms with E-state index in [0.29, 0.717) is 22.6 Å². The van der Waals surface area contributed by atoms with Crippen molar-refractivity contribution < 1.29 is 18.7 Å². The van der Waals surface area contributed by atoms with Crippen LogP contribution in [-0.2, 0) is 11.4 Å². The lowest BCUT2D eigenvalue weighted by molar-refractivity contribution is -0.111. The standard InChI is InChI=1S/C23H19BrFNO3/c1-28-22-13-16(7-11-21(22)29-15-17-5-3-2-4-6-17)8-12-23(27)26-20-10-9-18(24)14-19(20)25/h2-14H,15H2,1H3,(H,26,27)/b12-8+. The van der Waals surface area contributed by atoms with Gasteiger partial charge in [0, 0.05) is 10.5 Å². The molecule has 0 unspecified atom stereocenters.